The molecule has 1 amide bonds. The number of amidine groups is 1. The molecule has 4 heterocycles. The van der Waals surface area contributed by atoms with Crippen molar-refractivity contribution in [3.05, 3.63) is 57.2 Å². The standard InChI is InChI=1S/C27H33ClN4O3S/c1-18-24(26(34)35-2)25(19-6-8-20(28)9-7-19)32-22(17-36-27(32)29-18)16-23(33)31-14-10-21(11-15-31)30-12-4-3-5-13-30/h6-9,17,21,25H,3-5,10-16H2,1-2H3/t25-/m0/s1. The van der Waals surface area contributed by atoms with Gasteiger partial charge in [0.25, 0.3) is 0 Å². The van der Waals surface area contributed by atoms with Crippen LogP contribution >= 0.6 is 23.4 Å². The highest BCUT2D eigenvalue weighted by Crippen LogP contribution is 2.45. The van der Waals surface area contributed by atoms with Crippen molar-refractivity contribution in [2.24, 2.45) is 4.99 Å². The van der Waals surface area contributed by atoms with E-state index >= 15 is 0 Å². The Morgan fingerprint density at radius 3 is 2.44 bits per heavy atom. The number of nitrogens with zero attached hydrogens (tertiary/aromatic N) is 4. The van der Waals surface area contributed by atoms with Crippen LogP contribution in [0, 0.1) is 0 Å². The van der Waals surface area contributed by atoms with Crippen molar-refractivity contribution in [3.63, 3.8) is 0 Å². The van der Waals surface area contributed by atoms with Gasteiger partial charge < -0.3 is 19.4 Å². The number of piperidine rings is 2. The lowest BCUT2D eigenvalue weighted by Gasteiger charge is -2.40. The molecule has 9 heteroatoms. The first-order valence-electron chi connectivity index (χ1n) is 12.8. The minimum Gasteiger partial charge on any atom is -0.466 e. The quantitative estimate of drug-likeness (QED) is 0.504. The van der Waals surface area contributed by atoms with Gasteiger partial charge in [0.05, 0.1) is 30.8 Å². The third-order valence-corrected chi connectivity index (χ3v) is 8.79. The van der Waals surface area contributed by atoms with Crippen LogP contribution in [0.15, 0.2) is 51.6 Å². The van der Waals surface area contributed by atoms with Crippen LogP contribution in [0.2, 0.25) is 5.02 Å². The monoisotopic (exact) mass is 528 g/mol. The lowest BCUT2D eigenvalue weighted by Crippen LogP contribution is -2.48. The van der Waals surface area contributed by atoms with Gasteiger partial charge in [0, 0.05) is 29.9 Å². The Hall–Kier alpha value is -2.29. The SMILES string of the molecule is COC(=O)C1=C(C)N=C2SC=C(CC(=O)N3CCC(N4CCCCC4)CC3)N2[C@H]1c1ccc(Cl)cc1. The summed E-state index contributed by atoms with van der Waals surface area (Å²) < 4.78 is 5.13. The summed E-state index contributed by atoms with van der Waals surface area (Å²) in [4.78, 5) is 37.6. The molecule has 2 saturated heterocycles. The van der Waals surface area contributed by atoms with Crippen LogP contribution in [0.3, 0.4) is 0 Å². The van der Waals surface area contributed by atoms with Gasteiger partial charge in [0.1, 0.15) is 0 Å². The van der Waals surface area contributed by atoms with Gasteiger partial charge in [-0.25, -0.2) is 9.79 Å². The van der Waals surface area contributed by atoms with Gasteiger partial charge in [-0.1, -0.05) is 41.9 Å². The van der Waals surface area contributed by atoms with E-state index in [9.17, 15) is 9.59 Å². The van der Waals surface area contributed by atoms with Gasteiger partial charge >= 0.3 is 5.97 Å². The summed E-state index contributed by atoms with van der Waals surface area (Å²) in [6, 6.07) is 7.63. The van der Waals surface area contributed by atoms with E-state index in [1.54, 1.807) is 0 Å². The highest BCUT2D eigenvalue weighted by atomic mass is 35.5. The minimum absolute atomic E-state index is 0.126. The number of carbonyl (C=O) groups is 2. The summed E-state index contributed by atoms with van der Waals surface area (Å²) in [6.07, 6.45) is 6.28. The van der Waals surface area contributed by atoms with Crippen molar-refractivity contribution in [2.75, 3.05) is 33.3 Å². The first-order chi connectivity index (χ1) is 17.5. The predicted molar refractivity (Wildman–Crippen MR) is 143 cm³/mol. The number of methoxy groups -OCH3 is 1. The summed E-state index contributed by atoms with van der Waals surface area (Å²) in [7, 11) is 1.38. The van der Waals surface area contributed by atoms with Crippen LogP contribution in [0.25, 0.3) is 0 Å². The Balaban J connectivity index is 1.32. The van der Waals surface area contributed by atoms with Crippen molar-refractivity contribution in [2.45, 2.75) is 57.5 Å². The predicted octanol–water partition coefficient (Wildman–Crippen LogP) is 4.95. The van der Waals surface area contributed by atoms with Crippen LogP contribution in [-0.4, -0.2) is 71.1 Å². The van der Waals surface area contributed by atoms with Crippen LogP contribution in [-0.2, 0) is 14.3 Å². The molecule has 0 N–H and O–H groups in total. The fourth-order valence-corrected chi connectivity index (χ4v) is 6.82. The molecular formula is C27H33ClN4O3S. The van der Waals surface area contributed by atoms with Gasteiger partial charge in [0.2, 0.25) is 5.91 Å². The van der Waals surface area contributed by atoms with Crippen LogP contribution in [0.5, 0.6) is 0 Å². The summed E-state index contributed by atoms with van der Waals surface area (Å²) in [5.74, 6) is -0.293. The topological polar surface area (TPSA) is 65.5 Å². The number of allylic oxidation sites excluding steroid dienone is 1. The Morgan fingerprint density at radius 1 is 1.08 bits per heavy atom. The van der Waals surface area contributed by atoms with Crippen LogP contribution in [0.1, 0.15) is 57.1 Å². The first-order valence-corrected chi connectivity index (χ1v) is 14.0. The molecule has 192 valence electrons. The molecule has 0 spiro atoms. The second kappa shape index (κ2) is 11.0. The zero-order valence-electron chi connectivity index (χ0n) is 20.9. The number of rotatable bonds is 5. The molecule has 0 saturated carbocycles. The molecular weight excluding hydrogens is 496 g/mol. The minimum atomic E-state index is -0.430. The largest absolute Gasteiger partial charge is 0.466 e. The summed E-state index contributed by atoms with van der Waals surface area (Å²) in [6.45, 7) is 5.82. The van der Waals surface area contributed by atoms with Crippen molar-refractivity contribution < 1.29 is 14.3 Å². The average molecular weight is 529 g/mol. The summed E-state index contributed by atoms with van der Waals surface area (Å²) in [5.41, 5.74) is 2.86. The number of carbonyl (C=O) groups excluding carboxylic acids is 2. The second-order valence-electron chi connectivity index (χ2n) is 9.82. The molecule has 4 aliphatic heterocycles. The number of esters is 1. The molecule has 36 heavy (non-hydrogen) atoms. The van der Waals surface area contributed by atoms with E-state index in [1.165, 1.54) is 51.2 Å². The zero-order valence-corrected chi connectivity index (χ0v) is 22.5. The average Bonchev–Trinajstić information content (AvgIpc) is 3.30. The number of hydrogen-bond acceptors (Lipinski definition) is 7. The van der Waals surface area contributed by atoms with Crippen LogP contribution < -0.4 is 0 Å². The van der Waals surface area contributed by atoms with E-state index in [0.717, 1.165) is 42.4 Å². The van der Waals surface area contributed by atoms with E-state index in [-0.39, 0.29) is 12.3 Å². The number of halogens is 1. The molecule has 0 aromatic heterocycles. The van der Waals surface area contributed by atoms with Gasteiger partial charge in [-0.3, -0.25) is 4.79 Å². The fourth-order valence-electron chi connectivity index (χ4n) is 5.73. The third kappa shape index (κ3) is 5.08. The molecule has 0 bridgehead atoms. The Bertz CT molecular complexity index is 1100. The maximum atomic E-state index is 13.4. The number of fused-ring (bicyclic) bond motifs is 1. The zero-order chi connectivity index (χ0) is 25.2. The number of aliphatic imine (C=N–C) groups is 1. The first kappa shape index (κ1) is 25.4. The van der Waals surface area contributed by atoms with Crippen molar-refractivity contribution in [1.82, 2.24) is 14.7 Å². The molecule has 1 aromatic rings. The smallest absolute Gasteiger partial charge is 0.338 e. The summed E-state index contributed by atoms with van der Waals surface area (Å²) in [5, 5.41) is 3.39. The maximum absolute atomic E-state index is 13.4. The molecule has 1 aromatic carbocycles. The Labute approximate surface area is 222 Å². The highest BCUT2D eigenvalue weighted by Gasteiger charge is 2.41. The third-order valence-electron chi connectivity index (χ3n) is 7.65. The molecule has 0 aliphatic carbocycles. The van der Waals surface area contributed by atoms with Crippen molar-refractivity contribution >= 4 is 40.4 Å². The molecule has 5 rings (SSSR count). The fraction of sp³-hybridized carbons (Fsp3) is 0.519. The van der Waals surface area contributed by atoms with E-state index < -0.39 is 12.0 Å². The van der Waals surface area contributed by atoms with Gasteiger partial charge in [-0.2, -0.15) is 0 Å². The van der Waals surface area contributed by atoms with Crippen molar-refractivity contribution in [1.29, 1.82) is 0 Å². The second-order valence-corrected chi connectivity index (χ2v) is 11.1. The number of hydrogen-bond donors (Lipinski definition) is 0. The molecule has 0 unspecified atom stereocenters. The lowest BCUT2D eigenvalue weighted by atomic mass is 9.94. The van der Waals surface area contributed by atoms with E-state index in [2.05, 4.69) is 4.90 Å². The Morgan fingerprint density at radius 2 is 1.78 bits per heavy atom. The molecule has 1 atom stereocenters. The number of likely N-dealkylation sites (tertiary alicyclic amines) is 2. The molecule has 4 aliphatic rings. The lowest BCUT2D eigenvalue weighted by molar-refractivity contribution is -0.136. The van der Waals surface area contributed by atoms with E-state index in [4.69, 9.17) is 21.3 Å². The molecule has 7 nitrogen and oxygen atoms in total. The van der Waals surface area contributed by atoms with E-state index in [0.29, 0.717) is 22.3 Å². The molecule has 2 fully saturated rings. The normalized spacial score (nSPS) is 23.4. The maximum Gasteiger partial charge on any atom is 0.338 e. The van der Waals surface area contributed by atoms with Crippen molar-refractivity contribution in [3.8, 4) is 0 Å². The Kier molecular flexibility index (Phi) is 7.74. The van der Waals surface area contributed by atoms with Gasteiger partial charge in [-0.15, -0.1) is 0 Å². The van der Waals surface area contributed by atoms with Crippen LogP contribution in [0.4, 0.5) is 0 Å². The highest BCUT2D eigenvalue weighted by molar-refractivity contribution is 8.16. The number of amides is 1. The molecule has 0 radical (unpaired) electrons. The van der Waals surface area contributed by atoms with Gasteiger partial charge in [0.15, 0.2) is 5.17 Å². The number of ether oxygens (including phenoxy) is 1. The number of benzene rings is 1. The number of thioether (sulfide) groups is 1. The summed E-state index contributed by atoms with van der Waals surface area (Å²) >= 11 is 7.64. The van der Waals surface area contributed by atoms with E-state index in [1.807, 2.05) is 46.4 Å². The van der Waals surface area contributed by atoms with Gasteiger partial charge in [-0.05, 0) is 68.8 Å².